The molecule has 7 nitrogen and oxygen atoms in total. The SMILES string of the molecule is N#CC[C@H](C1CCCC1O)n1cc(-c2ncnc3[nH]ccc23)cn1. The zero-order valence-corrected chi connectivity index (χ0v) is 13.1. The van der Waals surface area contributed by atoms with Gasteiger partial charge in [0, 0.05) is 29.3 Å². The number of nitrogens with zero attached hydrogens (tertiary/aromatic N) is 5. The number of nitriles is 1. The average Bonchev–Trinajstić information content (AvgIpc) is 3.32. The lowest BCUT2D eigenvalue weighted by molar-refractivity contribution is 0.0977. The van der Waals surface area contributed by atoms with Crippen LogP contribution < -0.4 is 0 Å². The van der Waals surface area contributed by atoms with E-state index in [1.807, 2.05) is 23.1 Å². The van der Waals surface area contributed by atoms with E-state index in [1.54, 1.807) is 6.20 Å². The molecule has 0 aromatic carbocycles. The van der Waals surface area contributed by atoms with Crippen LogP contribution in [0.2, 0.25) is 0 Å². The van der Waals surface area contributed by atoms with E-state index >= 15 is 0 Å². The molecule has 7 heteroatoms. The van der Waals surface area contributed by atoms with Gasteiger partial charge < -0.3 is 10.1 Å². The van der Waals surface area contributed by atoms with Gasteiger partial charge in [0.2, 0.25) is 0 Å². The zero-order chi connectivity index (χ0) is 16.5. The Bertz CT molecular complexity index is 892. The number of rotatable bonds is 4. The quantitative estimate of drug-likeness (QED) is 0.768. The molecule has 4 rings (SSSR count). The topological polar surface area (TPSA) is 103 Å². The predicted octanol–water partition coefficient (Wildman–Crippen LogP) is 2.44. The molecule has 1 aliphatic carbocycles. The summed E-state index contributed by atoms with van der Waals surface area (Å²) in [5, 5.41) is 24.8. The second-order valence-corrected chi connectivity index (χ2v) is 6.26. The molecule has 122 valence electrons. The van der Waals surface area contributed by atoms with Gasteiger partial charge in [-0.05, 0) is 18.9 Å². The Morgan fingerprint density at radius 3 is 3.12 bits per heavy atom. The van der Waals surface area contributed by atoms with Crippen molar-refractivity contribution in [2.45, 2.75) is 37.8 Å². The molecule has 1 saturated carbocycles. The standard InChI is InChI=1S/C17H18N6O/c18-6-4-14(12-2-1-3-15(12)24)23-9-11(8-22-23)16-13-5-7-19-17(13)21-10-20-16/h5,7-10,12,14-15,24H,1-4H2,(H,19,20,21)/t12?,14-,15?/m1/s1. The van der Waals surface area contributed by atoms with Gasteiger partial charge in [-0.2, -0.15) is 10.4 Å². The summed E-state index contributed by atoms with van der Waals surface area (Å²) in [4.78, 5) is 11.7. The molecule has 1 fully saturated rings. The highest BCUT2D eigenvalue weighted by Gasteiger charge is 2.34. The summed E-state index contributed by atoms with van der Waals surface area (Å²) in [6, 6.07) is 4.07. The maximum absolute atomic E-state index is 10.2. The number of aliphatic hydroxyl groups excluding tert-OH is 1. The monoisotopic (exact) mass is 322 g/mol. The van der Waals surface area contributed by atoms with E-state index in [1.165, 1.54) is 6.33 Å². The maximum atomic E-state index is 10.2. The van der Waals surface area contributed by atoms with Crippen molar-refractivity contribution in [3.8, 4) is 17.3 Å². The highest BCUT2D eigenvalue weighted by molar-refractivity contribution is 5.89. The van der Waals surface area contributed by atoms with Gasteiger partial charge in [-0.1, -0.05) is 6.42 Å². The van der Waals surface area contributed by atoms with Gasteiger partial charge in [-0.25, -0.2) is 9.97 Å². The van der Waals surface area contributed by atoms with Crippen LogP contribution in [0.15, 0.2) is 31.0 Å². The Kier molecular flexibility index (Phi) is 3.75. The normalized spacial score (nSPS) is 21.8. The van der Waals surface area contributed by atoms with Crippen molar-refractivity contribution in [2.24, 2.45) is 5.92 Å². The molecule has 2 unspecified atom stereocenters. The second kappa shape index (κ2) is 6.06. The summed E-state index contributed by atoms with van der Waals surface area (Å²) >= 11 is 0. The number of aliphatic hydroxyl groups is 1. The van der Waals surface area contributed by atoms with Crippen molar-refractivity contribution in [2.75, 3.05) is 0 Å². The van der Waals surface area contributed by atoms with Crippen LogP contribution in [-0.2, 0) is 0 Å². The van der Waals surface area contributed by atoms with E-state index in [0.717, 1.165) is 41.6 Å². The molecule has 3 atom stereocenters. The lowest BCUT2D eigenvalue weighted by Gasteiger charge is -2.24. The first kappa shape index (κ1) is 14.8. The van der Waals surface area contributed by atoms with Crippen molar-refractivity contribution in [3.63, 3.8) is 0 Å². The largest absolute Gasteiger partial charge is 0.393 e. The Balaban J connectivity index is 1.70. The van der Waals surface area contributed by atoms with Crippen molar-refractivity contribution in [3.05, 3.63) is 31.0 Å². The van der Waals surface area contributed by atoms with Crippen molar-refractivity contribution < 1.29 is 5.11 Å². The fourth-order valence-corrected chi connectivity index (χ4v) is 3.70. The predicted molar refractivity (Wildman–Crippen MR) is 87.7 cm³/mol. The first-order valence-electron chi connectivity index (χ1n) is 8.15. The molecule has 0 spiro atoms. The fourth-order valence-electron chi connectivity index (χ4n) is 3.70. The number of aromatic amines is 1. The van der Waals surface area contributed by atoms with E-state index in [2.05, 4.69) is 26.1 Å². The summed E-state index contributed by atoms with van der Waals surface area (Å²) in [6.45, 7) is 0. The van der Waals surface area contributed by atoms with E-state index < -0.39 is 0 Å². The molecule has 0 bridgehead atoms. The Labute approximate surface area is 139 Å². The molecular formula is C17H18N6O. The highest BCUT2D eigenvalue weighted by Crippen LogP contribution is 2.37. The molecule has 24 heavy (non-hydrogen) atoms. The average molecular weight is 322 g/mol. The minimum Gasteiger partial charge on any atom is -0.393 e. The number of aromatic nitrogens is 5. The van der Waals surface area contributed by atoms with Crippen LogP contribution in [0, 0.1) is 17.2 Å². The van der Waals surface area contributed by atoms with Crippen molar-refractivity contribution in [1.29, 1.82) is 5.26 Å². The molecule has 3 heterocycles. The number of fused-ring (bicyclic) bond motifs is 1. The molecule has 0 saturated heterocycles. The van der Waals surface area contributed by atoms with Gasteiger partial charge in [-0.15, -0.1) is 0 Å². The summed E-state index contributed by atoms with van der Waals surface area (Å²) in [7, 11) is 0. The summed E-state index contributed by atoms with van der Waals surface area (Å²) in [6.07, 6.45) is 9.76. The Morgan fingerprint density at radius 1 is 1.42 bits per heavy atom. The van der Waals surface area contributed by atoms with E-state index in [-0.39, 0.29) is 18.1 Å². The van der Waals surface area contributed by atoms with Gasteiger partial charge in [0.1, 0.15) is 12.0 Å². The van der Waals surface area contributed by atoms with Crippen LogP contribution in [0.3, 0.4) is 0 Å². The van der Waals surface area contributed by atoms with Gasteiger partial charge in [0.25, 0.3) is 0 Å². The lowest BCUT2D eigenvalue weighted by atomic mass is 9.94. The molecular weight excluding hydrogens is 304 g/mol. The minimum absolute atomic E-state index is 0.0788. The van der Waals surface area contributed by atoms with Crippen LogP contribution in [-0.4, -0.2) is 35.9 Å². The van der Waals surface area contributed by atoms with Crippen LogP contribution in [0.1, 0.15) is 31.7 Å². The number of H-pyrrole nitrogens is 1. The summed E-state index contributed by atoms with van der Waals surface area (Å²) in [5.74, 6) is 0.0788. The van der Waals surface area contributed by atoms with Crippen LogP contribution in [0.25, 0.3) is 22.3 Å². The second-order valence-electron chi connectivity index (χ2n) is 6.26. The van der Waals surface area contributed by atoms with Crippen molar-refractivity contribution >= 4 is 11.0 Å². The number of nitrogens with one attached hydrogen (secondary N) is 1. The van der Waals surface area contributed by atoms with Gasteiger partial charge in [0.15, 0.2) is 0 Å². The van der Waals surface area contributed by atoms with E-state index in [0.29, 0.717) is 6.42 Å². The van der Waals surface area contributed by atoms with Gasteiger partial charge in [-0.3, -0.25) is 4.68 Å². The summed E-state index contributed by atoms with van der Waals surface area (Å²) < 4.78 is 1.82. The van der Waals surface area contributed by atoms with E-state index in [9.17, 15) is 10.4 Å². The third kappa shape index (κ3) is 2.45. The van der Waals surface area contributed by atoms with Crippen LogP contribution in [0.5, 0.6) is 0 Å². The first-order chi connectivity index (χ1) is 11.8. The lowest BCUT2D eigenvalue weighted by Crippen LogP contribution is -2.26. The van der Waals surface area contributed by atoms with Gasteiger partial charge in [0.05, 0.1) is 36.5 Å². The Morgan fingerprint density at radius 2 is 2.33 bits per heavy atom. The van der Waals surface area contributed by atoms with Crippen LogP contribution >= 0.6 is 0 Å². The molecule has 2 N–H and O–H groups in total. The van der Waals surface area contributed by atoms with Crippen molar-refractivity contribution in [1.82, 2.24) is 24.7 Å². The molecule has 0 aliphatic heterocycles. The molecule has 0 radical (unpaired) electrons. The fraction of sp³-hybridized carbons (Fsp3) is 0.412. The van der Waals surface area contributed by atoms with E-state index in [4.69, 9.17) is 0 Å². The summed E-state index contributed by atoms with van der Waals surface area (Å²) in [5.41, 5.74) is 2.49. The third-order valence-corrected chi connectivity index (χ3v) is 4.89. The molecule has 3 aromatic heterocycles. The number of hydrogen-bond donors (Lipinski definition) is 2. The minimum atomic E-state index is -0.355. The Hall–Kier alpha value is -2.72. The first-order valence-corrected chi connectivity index (χ1v) is 8.15. The molecule has 0 amide bonds. The maximum Gasteiger partial charge on any atom is 0.141 e. The molecule has 1 aliphatic rings. The smallest absolute Gasteiger partial charge is 0.141 e. The number of hydrogen-bond acceptors (Lipinski definition) is 5. The highest BCUT2D eigenvalue weighted by atomic mass is 16.3. The van der Waals surface area contributed by atoms with Crippen LogP contribution in [0.4, 0.5) is 0 Å². The van der Waals surface area contributed by atoms with Gasteiger partial charge >= 0.3 is 0 Å². The third-order valence-electron chi connectivity index (χ3n) is 4.89. The molecule has 3 aromatic rings. The zero-order valence-electron chi connectivity index (χ0n) is 13.1.